The van der Waals surface area contributed by atoms with Gasteiger partial charge in [-0.3, -0.25) is 0 Å². The van der Waals surface area contributed by atoms with E-state index in [0.717, 1.165) is 24.3 Å². The second-order valence-electron chi connectivity index (χ2n) is 4.37. The minimum absolute atomic E-state index is 0.0600. The van der Waals surface area contributed by atoms with Gasteiger partial charge in [0, 0.05) is 4.88 Å². The van der Waals surface area contributed by atoms with Crippen molar-refractivity contribution in [3.8, 4) is 5.75 Å². The fourth-order valence-corrected chi connectivity index (χ4v) is 2.83. The summed E-state index contributed by atoms with van der Waals surface area (Å²) >= 11 is 1.71. The Balaban J connectivity index is 2.20. The van der Waals surface area contributed by atoms with Crippen LogP contribution in [0.15, 0.2) is 35.7 Å². The van der Waals surface area contributed by atoms with E-state index in [-0.39, 0.29) is 6.04 Å². The monoisotopic (exact) mass is 261 g/mol. The molecule has 2 aromatic rings. The van der Waals surface area contributed by atoms with E-state index in [2.05, 4.69) is 31.4 Å². The van der Waals surface area contributed by atoms with Crippen molar-refractivity contribution >= 4 is 11.3 Å². The Labute approximate surface area is 112 Å². The topological polar surface area (TPSA) is 35.2 Å². The van der Waals surface area contributed by atoms with Gasteiger partial charge in [-0.25, -0.2) is 0 Å². The van der Waals surface area contributed by atoms with Gasteiger partial charge in [0.05, 0.1) is 12.6 Å². The lowest BCUT2D eigenvalue weighted by Gasteiger charge is -2.13. The van der Waals surface area contributed by atoms with E-state index in [1.807, 2.05) is 18.2 Å². The molecule has 2 N–H and O–H groups in total. The molecule has 3 heteroatoms. The Morgan fingerprint density at radius 2 is 2.17 bits per heavy atom. The third-order valence-electron chi connectivity index (χ3n) is 2.87. The van der Waals surface area contributed by atoms with Gasteiger partial charge in [0.2, 0.25) is 0 Å². The summed E-state index contributed by atoms with van der Waals surface area (Å²) in [7, 11) is 0. The van der Waals surface area contributed by atoms with Crippen LogP contribution in [0.3, 0.4) is 0 Å². The number of ether oxygens (including phenoxy) is 1. The first kappa shape index (κ1) is 13.1. The highest BCUT2D eigenvalue weighted by Crippen LogP contribution is 2.29. The number of thiophene rings is 1. The van der Waals surface area contributed by atoms with Gasteiger partial charge in [0.15, 0.2) is 0 Å². The molecule has 0 spiro atoms. The summed E-state index contributed by atoms with van der Waals surface area (Å²) in [5, 5.41) is 2.09. The molecule has 0 aliphatic heterocycles. The molecule has 0 radical (unpaired) electrons. The van der Waals surface area contributed by atoms with E-state index >= 15 is 0 Å². The van der Waals surface area contributed by atoms with E-state index < -0.39 is 0 Å². The van der Waals surface area contributed by atoms with Gasteiger partial charge in [-0.1, -0.05) is 19.1 Å². The van der Waals surface area contributed by atoms with Gasteiger partial charge >= 0.3 is 0 Å². The van der Waals surface area contributed by atoms with Crippen molar-refractivity contribution in [1.29, 1.82) is 0 Å². The number of nitrogens with two attached hydrogens (primary N) is 1. The molecule has 0 saturated heterocycles. The Bertz CT molecular complexity index is 507. The summed E-state index contributed by atoms with van der Waals surface area (Å²) in [5.74, 6) is 0.902. The van der Waals surface area contributed by atoms with Gasteiger partial charge in [-0.15, -0.1) is 11.3 Å². The smallest absolute Gasteiger partial charge is 0.119 e. The van der Waals surface area contributed by atoms with Crippen molar-refractivity contribution in [3.05, 3.63) is 51.7 Å². The summed E-state index contributed by atoms with van der Waals surface area (Å²) in [6.45, 7) is 4.95. The first-order valence-electron chi connectivity index (χ1n) is 6.24. The molecule has 0 aliphatic carbocycles. The van der Waals surface area contributed by atoms with E-state index in [9.17, 15) is 0 Å². The van der Waals surface area contributed by atoms with Crippen molar-refractivity contribution in [2.75, 3.05) is 6.61 Å². The van der Waals surface area contributed by atoms with E-state index in [1.165, 1.54) is 10.4 Å². The predicted molar refractivity (Wildman–Crippen MR) is 77.3 cm³/mol. The van der Waals surface area contributed by atoms with E-state index in [4.69, 9.17) is 10.5 Å². The SMILES string of the molecule is CCCOc1cccc(C(N)c2sccc2C)c1. The summed E-state index contributed by atoms with van der Waals surface area (Å²) < 4.78 is 5.64. The van der Waals surface area contributed by atoms with E-state index in [1.54, 1.807) is 11.3 Å². The summed E-state index contributed by atoms with van der Waals surface area (Å²) in [6.07, 6.45) is 1.01. The van der Waals surface area contributed by atoms with Crippen LogP contribution in [0.4, 0.5) is 0 Å². The fraction of sp³-hybridized carbons (Fsp3) is 0.333. The first-order valence-corrected chi connectivity index (χ1v) is 7.12. The normalized spacial score (nSPS) is 12.4. The molecule has 0 bridgehead atoms. The fourth-order valence-electron chi connectivity index (χ4n) is 1.87. The third-order valence-corrected chi connectivity index (χ3v) is 3.98. The lowest BCUT2D eigenvalue weighted by Crippen LogP contribution is -2.11. The predicted octanol–water partition coefficient (Wildman–Crippen LogP) is 3.89. The van der Waals surface area contributed by atoms with Gasteiger partial charge in [0.1, 0.15) is 5.75 Å². The molecule has 0 aliphatic rings. The van der Waals surface area contributed by atoms with Gasteiger partial charge in [0.25, 0.3) is 0 Å². The standard InChI is InChI=1S/C15H19NOS/c1-3-8-17-13-6-4-5-12(10-13)14(16)15-11(2)7-9-18-15/h4-7,9-10,14H,3,8,16H2,1-2H3. The molecule has 1 atom stereocenters. The lowest BCUT2D eigenvalue weighted by atomic mass is 10.0. The number of rotatable bonds is 5. The Kier molecular flexibility index (Phi) is 4.39. The van der Waals surface area contributed by atoms with Crippen LogP contribution in [0.2, 0.25) is 0 Å². The van der Waals surface area contributed by atoms with Crippen molar-refractivity contribution in [3.63, 3.8) is 0 Å². The number of hydrogen-bond donors (Lipinski definition) is 1. The van der Waals surface area contributed by atoms with Crippen molar-refractivity contribution in [2.45, 2.75) is 26.3 Å². The zero-order valence-electron chi connectivity index (χ0n) is 10.8. The average molecular weight is 261 g/mol. The number of benzene rings is 1. The van der Waals surface area contributed by atoms with E-state index in [0.29, 0.717) is 0 Å². The van der Waals surface area contributed by atoms with Crippen LogP contribution in [0, 0.1) is 6.92 Å². The molecule has 1 heterocycles. The highest BCUT2D eigenvalue weighted by atomic mass is 32.1. The number of hydrogen-bond acceptors (Lipinski definition) is 3. The van der Waals surface area contributed by atoms with Crippen molar-refractivity contribution < 1.29 is 4.74 Å². The molecule has 18 heavy (non-hydrogen) atoms. The molecule has 1 aromatic heterocycles. The first-order chi connectivity index (χ1) is 8.72. The van der Waals surface area contributed by atoms with Crippen LogP contribution < -0.4 is 10.5 Å². The highest BCUT2D eigenvalue weighted by Gasteiger charge is 2.13. The molecule has 0 fully saturated rings. The molecular formula is C15H19NOS. The minimum atomic E-state index is -0.0600. The lowest BCUT2D eigenvalue weighted by molar-refractivity contribution is 0.317. The Morgan fingerprint density at radius 3 is 2.83 bits per heavy atom. The minimum Gasteiger partial charge on any atom is -0.494 e. The molecule has 2 nitrogen and oxygen atoms in total. The summed E-state index contributed by atoms with van der Waals surface area (Å²) in [5.41, 5.74) is 8.68. The van der Waals surface area contributed by atoms with Gasteiger partial charge < -0.3 is 10.5 Å². The zero-order valence-corrected chi connectivity index (χ0v) is 11.7. The van der Waals surface area contributed by atoms with Gasteiger partial charge in [-0.05, 0) is 48.1 Å². The van der Waals surface area contributed by atoms with Crippen molar-refractivity contribution in [2.24, 2.45) is 5.73 Å². The molecule has 2 rings (SSSR count). The molecular weight excluding hydrogens is 242 g/mol. The number of aryl methyl sites for hydroxylation is 1. The summed E-state index contributed by atoms with van der Waals surface area (Å²) in [4.78, 5) is 1.22. The van der Waals surface area contributed by atoms with Crippen LogP contribution >= 0.6 is 11.3 Å². The van der Waals surface area contributed by atoms with Crippen LogP contribution in [0.1, 0.15) is 35.4 Å². The van der Waals surface area contributed by atoms with Crippen LogP contribution in [0.25, 0.3) is 0 Å². The van der Waals surface area contributed by atoms with Crippen molar-refractivity contribution in [1.82, 2.24) is 0 Å². The van der Waals surface area contributed by atoms with Crippen LogP contribution in [0.5, 0.6) is 5.75 Å². The maximum atomic E-state index is 6.31. The summed E-state index contributed by atoms with van der Waals surface area (Å²) in [6, 6.07) is 10.1. The molecule has 96 valence electrons. The molecule has 1 aromatic carbocycles. The molecule has 1 unspecified atom stereocenters. The second-order valence-corrected chi connectivity index (χ2v) is 5.31. The second kappa shape index (κ2) is 6.03. The molecule has 0 saturated carbocycles. The third kappa shape index (κ3) is 2.92. The maximum Gasteiger partial charge on any atom is 0.119 e. The zero-order chi connectivity index (χ0) is 13.0. The van der Waals surface area contributed by atoms with Crippen LogP contribution in [-0.2, 0) is 0 Å². The maximum absolute atomic E-state index is 6.31. The average Bonchev–Trinajstić information content (AvgIpc) is 2.82. The van der Waals surface area contributed by atoms with Gasteiger partial charge in [-0.2, -0.15) is 0 Å². The Morgan fingerprint density at radius 1 is 1.33 bits per heavy atom. The quantitative estimate of drug-likeness (QED) is 0.886. The largest absolute Gasteiger partial charge is 0.494 e. The van der Waals surface area contributed by atoms with Crippen LogP contribution in [-0.4, -0.2) is 6.61 Å². The molecule has 0 amide bonds. The highest BCUT2D eigenvalue weighted by molar-refractivity contribution is 7.10. The Hall–Kier alpha value is -1.32.